The number of halogens is 2. The van der Waals surface area contributed by atoms with E-state index >= 15 is 0 Å². The summed E-state index contributed by atoms with van der Waals surface area (Å²) in [5.74, 6) is -0.503. The van der Waals surface area contributed by atoms with Crippen LogP contribution in [0.2, 0.25) is 5.02 Å². The fraction of sp³-hybridized carbons (Fsp3) is 0.417. The van der Waals surface area contributed by atoms with Crippen LogP contribution in [-0.2, 0) is 0 Å². The maximum atomic E-state index is 12.9. The average molecular weight is 259 g/mol. The van der Waals surface area contributed by atoms with Gasteiger partial charge in [-0.2, -0.15) is 0 Å². The van der Waals surface area contributed by atoms with Crippen molar-refractivity contribution in [2.24, 2.45) is 0 Å². The highest BCUT2D eigenvalue weighted by Crippen LogP contribution is 2.19. The van der Waals surface area contributed by atoms with Gasteiger partial charge in [0.2, 0.25) is 0 Å². The minimum absolute atomic E-state index is 0.00981. The molecule has 1 aromatic carbocycles. The topological polar surface area (TPSA) is 41.1 Å². The molecule has 3 nitrogen and oxygen atoms in total. The highest BCUT2D eigenvalue weighted by Gasteiger charge is 2.07. The van der Waals surface area contributed by atoms with Gasteiger partial charge >= 0.3 is 6.03 Å². The Kier molecular flexibility index (Phi) is 5.22. The summed E-state index contributed by atoms with van der Waals surface area (Å²) < 4.78 is 12.9. The van der Waals surface area contributed by atoms with E-state index in [1.54, 1.807) is 0 Å². The molecule has 1 aromatic rings. The molecule has 0 spiro atoms. The van der Waals surface area contributed by atoms with Crippen molar-refractivity contribution in [1.29, 1.82) is 0 Å². The number of nitrogens with one attached hydrogen (secondary N) is 2. The molecule has 0 aromatic heterocycles. The highest BCUT2D eigenvalue weighted by atomic mass is 35.5. The van der Waals surface area contributed by atoms with Gasteiger partial charge in [-0.3, -0.25) is 0 Å². The number of rotatable bonds is 4. The first-order valence-corrected chi connectivity index (χ1v) is 5.93. The van der Waals surface area contributed by atoms with Crippen molar-refractivity contribution in [3.8, 4) is 0 Å². The highest BCUT2D eigenvalue weighted by molar-refractivity contribution is 6.31. The molecule has 1 atom stereocenters. The fourth-order valence-electron chi connectivity index (χ4n) is 1.47. The summed E-state index contributed by atoms with van der Waals surface area (Å²) in [7, 11) is 0. The van der Waals surface area contributed by atoms with E-state index in [9.17, 15) is 9.18 Å². The zero-order chi connectivity index (χ0) is 12.8. The number of benzene rings is 1. The smallest absolute Gasteiger partial charge is 0.319 e. The lowest BCUT2D eigenvalue weighted by molar-refractivity contribution is 0.248. The van der Waals surface area contributed by atoms with E-state index < -0.39 is 5.82 Å². The lowest BCUT2D eigenvalue weighted by Crippen LogP contribution is -2.35. The summed E-state index contributed by atoms with van der Waals surface area (Å²) >= 11 is 5.61. The molecular weight excluding hydrogens is 243 g/mol. The van der Waals surface area contributed by atoms with Gasteiger partial charge in [0.1, 0.15) is 5.82 Å². The monoisotopic (exact) mass is 258 g/mol. The van der Waals surface area contributed by atoms with Crippen LogP contribution in [0.4, 0.5) is 14.9 Å². The molecule has 0 aliphatic rings. The maximum Gasteiger partial charge on any atom is 0.319 e. The number of amides is 2. The molecule has 0 aliphatic carbocycles. The Balaban J connectivity index is 2.53. The summed E-state index contributed by atoms with van der Waals surface area (Å²) in [6.45, 7) is 3.98. The van der Waals surface area contributed by atoms with Gasteiger partial charge in [-0.15, -0.1) is 0 Å². The lowest BCUT2D eigenvalue weighted by Gasteiger charge is -2.13. The zero-order valence-corrected chi connectivity index (χ0v) is 10.6. The van der Waals surface area contributed by atoms with Crippen molar-refractivity contribution in [3.63, 3.8) is 0 Å². The molecule has 94 valence electrons. The minimum atomic E-state index is -0.503. The van der Waals surface area contributed by atoms with E-state index in [1.807, 2.05) is 6.92 Å². The summed E-state index contributed by atoms with van der Waals surface area (Å²) in [4.78, 5) is 11.5. The Labute approximate surface area is 105 Å². The number of hydrogen-bond donors (Lipinski definition) is 2. The zero-order valence-electron chi connectivity index (χ0n) is 9.89. The number of carbonyl (C=O) groups excluding carboxylic acids is 1. The van der Waals surface area contributed by atoms with Crippen LogP contribution in [0.1, 0.15) is 26.7 Å². The van der Waals surface area contributed by atoms with Crippen LogP contribution in [0.3, 0.4) is 0 Å². The van der Waals surface area contributed by atoms with Gasteiger partial charge in [0.25, 0.3) is 0 Å². The van der Waals surface area contributed by atoms with Crippen LogP contribution < -0.4 is 10.6 Å². The summed E-state index contributed by atoms with van der Waals surface area (Å²) in [5, 5.41) is 5.36. The second-order valence-corrected chi connectivity index (χ2v) is 4.32. The van der Waals surface area contributed by atoms with Gasteiger partial charge in [-0.25, -0.2) is 9.18 Å². The van der Waals surface area contributed by atoms with E-state index in [0.717, 1.165) is 12.8 Å². The van der Waals surface area contributed by atoms with E-state index in [0.29, 0.717) is 5.69 Å². The van der Waals surface area contributed by atoms with Crippen molar-refractivity contribution in [1.82, 2.24) is 5.32 Å². The van der Waals surface area contributed by atoms with Crippen molar-refractivity contribution in [2.75, 3.05) is 5.32 Å². The molecule has 0 unspecified atom stereocenters. The van der Waals surface area contributed by atoms with Gasteiger partial charge < -0.3 is 10.6 Å². The van der Waals surface area contributed by atoms with Gasteiger partial charge in [0, 0.05) is 11.7 Å². The molecule has 0 heterocycles. The second kappa shape index (κ2) is 6.45. The molecule has 5 heteroatoms. The van der Waals surface area contributed by atoms with Crippen LogP contribution in [0.25, 0.3) is 0 Å². The molecule has 0 fully saturated rings. The second-order valence-electron chi connectivity index (χ2n) is 3.92. The molecule has 0 bridgehead atoms. The minimum Gasteiger partial charge on any atom is -0.335 e. The van der Waals surface area contributed by atoms with Gasteiger partial charge in [-0.05, 0) is 31.5 Å². The Morgan fingerprint density at radius 3 is 2.82 bits per heavy atom. The van der Waals surface area contributed by atoms with Crippen molar-refractivity contribution in [3.05, 3.63) is 29.0 Å². The molecule has 2 amide bonds. The Morgan fingerprint density at radius 2 is 2.24 bits per heavy atom. The Bertz CT molecular complexity index is 398. The van der Waals surface area contributed by atoms with Crippen LogP contribution >= 0.6 is 11.6 Å². The normalized spacial score (nSPS) is 12.0. The third kappa shape index (κ3) is 4.61. The van der Waals surface area contributed by atoms with Crippen LogP contribution in [0.5, 0.6) is 0 Å². The standard InChI is InChI=1S/C12H16ClFN2O/c1-3-4-8(2)15-12(17)16-9-5-6-11(14)10(13)7-9/h5-8H,3-4H2,1-2H3,(H2,15,16,17)/t8-/m1/s1. The van der Waals surface area contributed by atoms with Crippen molar-refractivity contribution >= 4 is 23.3 Å². The number of anilines is 1. The summed E-state index contributed by atoms with van der Waals surface area (Å²) in [6.07, 6.45) is 1.92. The average Bonchev–Trinajstić information content (AvgIpc) is 2.23. The molecule has 0 radical (unpaired) electrons. The van der Waals surface area contributed by atoms with Crippen molar-refractivity contribution in [2.45, 2.75) is 32.7 Å². The molecule has 1 rings (SSSR count). The van der Waals surface area contributed by atoms with Gasteiger partial charge in [0.15, 0.2) is 0 Å². The molecule has 17 heavy (non-hydrogen) atoms. The first kappa shape index (κ1) is 13.8. The van der Waals surface area contributed by atoms with Gasteiger partial charge in [0.05, 0.1) is 5.02 Å². The first-order valence-electron chi connectivity index (χ1n) is 5.55. The maximum absolute atomic E-state index is 12.9. The Morgan fingerprint density at radius 1 is 1.53 bits per heavy atom. The Hall–Kier alpha value is -1.29. The predicted octanol–water partition coefficient (Wildman–Crippen LogP) is 3.79. The lowest BCUT2D eigenvalue weighted by atomic mass is 10.2. The van der Waals surface area contributed by atoms with E-state index in [1.165, 1.54) is 18.2 Å². The molecule has 0 aliphatic heterocycles. The predicted molar refractivity (Wildman–Crippen MR) is 67.9 cm³/mol. The molecule has 2 N–H and O–H groups in total. The molecular formula is C12H16ClFN2O. The van der Waals surface area contributed by atoms with Crippen LogP contribution in [0.15, 0.2) is 18.2 Å². The molecule has 0 saturated heterocycles. The van der Waals surface area contributed by atoms with E-state index in [2.05, 4.69) is 17.6 Å². The van der Waals surface area contributed by atoms with Crippen LogP contribution in [0, 0.1) is 5.82 Å². The fourth-order valence-corrected chi connectivity index (χ4v) is 1.65. The number of carbonyl (C=O) groups is 1. The summed E-state index contributed by atoms with van der Waals surface area (Å²) in [5.41, 5.74) is 0.470. The van der Waals surface area contributed by atoms with E-state index in [4.69, 9.17) is 11.6 Å². The molecule has 0 saturated carbocycles. The number of hydrogen-bond acceptors (Lipinski definition) is 1. The number of urea groups is 1. The van der Waals surface area contributed by atoms with E-state index in [-0.39, 0.29) is 17.1 Å². The van der Waals surface area contributed by atoms with Gasteiger partial charge in [-0.1, -0.05) is 24.9 Å². The van der Waals surface area contributed by atoms with Crippen LogP contribution in [-0.4, -0.2) is 12.1 Å². The third-order valence-electron chi connectivity index (χ3n) is 2.28. The third-order valence-corrected chi connectivity index (χ3v) is 2.57. The quantitative estimate of drug-likeness (QED) is 0.848. The first-order chi connectivity index (χ1) is 8.02. The summed E-state index contributed by atoms with van der Waals surface area (Å²) in [6, 6.07) is 3.85. The SMILES string of the molecule is CCC[C@@H](C)NC(=O)Nc1ccc(F)c(Cl)c1. The largest absolute Gasteiger partial charge is 0.335 e. The van der Waals surface area contributed by atoms with Crippen molar-refractivity contribution < 1.29 is 9.18 Å².